The van der Waals surface area contributed by atoms with E-state index in [-0.39, 0.29) is 5.91 Å². The Bertz CT molecular complexity index is 918. The smallest absolute Gasteiger partial charge is 0.280 e. The van der Waals surface area contributed by atoms with Crippen molar-refractivity contribution in [3.8, 4) is 11.5 Å². The van der Waals surface area contributed by atoms with Gasteiger partial charge in [-0.05, 0) is 49.4 Å². The zero-order valence-corrected chi connectivity index (χ0v) is 15.9. The first-order valence-corrected chi connectivity index (χ1v) is 8.48. The van der Waals surface area contributed by atoms with Gasteiger partial charge in [-0.2, -0.15) is 10.1 Å². The van der Waals surface area contributed by atoms with Crippen LogP contribution in [-0.4, -0.2) is 25.8 Å². The van der Waals surface area contributed by atoms with Crippen molar-refractivity contribution in [3.63, 3.8) is 0 Å². The third-order valence-corrected chi connectivity index (χ3v) is 4.33. The zero-order valence-electron chi connectivity index (χ0n) is 14.4. The summed E-state index contributed by atoms with van der Waals surface area (Å²) in [5.74, 6) is 1.02. The summed E-state index contributed by atoms with van der Waals surface area (Å²) in [6, 6.07) is 10.2. The van der Waals surface area contributed by atoms with Gasteiger partial charge in [-0.3, -0.25) is 4.79 Å². The Morgan fingerprint density at radius 3 is 2.35 bits per heavy atom. The van der Waals surface area contributed by atoms with Crippen LogP contribution in [-0.2, 0) is 4.79 Å². The predicted molar refractivity (Wildman–Crippen MR) is 105 cm³/mol. The fourth-order valence-corrected chi connectivity index (χ4v) is 3.14. The molecule has 2 aromatic carbocycles. The molecule has 0 bridgehead atoms. The number of carbonyl (C=O) groups is 1. The SMILES string of the molecule is COc1ccc(OC)c(C=C2C(=O)N(c3cc(Cl)cc(Cl)c3)N=C2C)c1. The van der Waals surface area contributed by atoms with Crippen molar-refractivity contribution in [2.75, 3.05) is 19.2 Å². The fraction of sp³-hybridized carbons (Fsp3) is 0.158. The van der Waals surface area contributed by atoms with Crippen molar-refractivity contribution in [1.29, 1.82) is 0 Å². The predicted octanol–water partition coefficient (Wildman–Crippen LogP) is 4.82. The van der Waals surface area contributed by atoms with E-state index in [0.29, 0.717) is 38.5 Å². The topological polar surface area (TPSA) is 51.1 Å². The Morgan fingerprint density at radius 2 is 1.73 bits per heavy atom. The molecule has 0 radical (unpaired) electrons. The molecule has 1 aliphatic rings. The van der Waals surface area contributed by atoms with Crippen LogP contribution in [0.1, 0.15) is 12.5 Å². The molecule has 134 valence electrons. The molecule has 3 rings (SSSR count). The molecule has 0 unspecified atom stereocenters. The summed E-state index contributed by atoms with van der Waals surface area (Å²) in [4.78, 5) is 12.9. The molecule has 7 heteroatoms. The average molecular weight is 391 g/mol. The summed E-state index contributed by atoms with van der Waals surface area (Å²) in [5.41, 5.74) is 2.26. The van der Waals surface area contributed by atoms with Crippen molar-refractivity contribution in [2.45, 2.75) is 6.92 Å². The lowest BCUT2D eigenvalue weighted by molar-refractivity contribution is -0.114. The highest BCUT2D eigenvalue weighted by Gasteiger charge is 2.29. The van der Waals surface area contributed by atoms with E-state index in [2.05, 4.69) is 5.10 Å². The maximum Gasteiger partial charge on any atom is 0.280 e. The van der Waals surface area contributed by atoms with Crippen molar-refractivity contribution in [2.24, 2.45) is 5.10 Å². The number of amides is 1. The van der Waals surface area contributed by atoms with E-state index in [1.54, 1.807) is 63.6 Å². The number of hydrogen-bond donors (Lipinski definition) is 0. The molecule has 1 heterocycles. The maximum atomic E-state index is 12.9. The third kappa shape index (κ3) is 3.54. The van der Waals surface area contributed by atoms with Crippen molar-refractivity contribution < 1.29 is 14.3 Å². The molecule has 0 saturated carbocycles. The first-order valence-electron chi connectivity index (χ1n) is 7.73. The van der Waals surface area contributed by atoms with Crippen LogP contribution in [0.15, 0.2) is 47.1 Å². The Balaban J connectivity index is 2.02. The molecule has 1 aliphatic heterocycles. The molecule has 26 heavy (non-hydrogen) atoms. The lowest BCUT2D eigenvalue weighted by atomic mass is 10.1. The van der Waals surface area contributed by atoms with E-state index in [1.807, 2.05) is 0 Å². The molecule has 5 nitrogen and oxygen atoms in total. The normalized spacial score (nSPS) is 15.4. The summed E-state index contributed by atoms with van der Waals surface area (Å²) < 4.78 is 10.6. The lowest BCUT2D eigenvalue weighted by Gasteiger charge is -2.13. The second kappa shape index (κ2) is 7.40. The van der Waals surface area contributed by atoms with Crippen LogP contribution in [0, 0.1) is 0 Å². The largest absolute Gasteiger partial charge is 0.497 e. The molecule has 2 aromatic rings. The van der Waals surface area contributed by atoms with Crippen LogP contribution < -0.4 is 14.5 Å². The number of benzene rings is 2. The average Bonchev–Trinajstić information content (AvgIpc) is 2.89. The zero-order chi connectivity index (χ0) is 18.8. The van der Waals surface area contributed by atoms with Gasteiger partial charge in [0.1, 0.15) is 11.5 Å². The van der Waals surface area contributed by atoms with E-state index >= 15 is 0 Å². The first kappa shape index (κ1) is 18.3. The van der Waals surface area contributed by atoms with Gasteiger partial charge in [0, 0.05) is 15.6 Å². The van der Waals surface area contributed by atoms with Gasteiger partial charge in [-0.15, -0.1) is 0 Å². The Kier molecular flexibility index (Phi) is 5.20. The molecule has 0 saturated heterocycles. The van der Waals surface area contributed by atoms with Gasteiger partial charge in [-0.1, -0.05) is 23.2 Å². The van der Waals surface area contributed by atoms with E-state index < -0.39 is 0 Å². The fourth-order valence-electron chi connectivity index (χ4n) is 2.63. The number of hydrogen-bond acceptors (Lipinski definition) is 4. The number of halogens is 2. The van der Waals surface area contributed by atoms with Crippen LogP contribution in [0.3, 0.4) is 0 Å². The quantitative estimate of drug-likeness (QED) is 0.703. The minimum atomic E-state index is -0.272. The molecule has 0 fully saturated rings. The van der Waals surface area contributed by atoms with Crippen LogP contribution in [0.25, 0.3) is 6.08 Å². The summed E-state index contributed by atoms with van der Waals surface area (Å²) in [7, 11) is 3.15. The van der Waals surface area contributed by atoms with Crippen LogP contribution in [0.2, 0.25) is 10.0 Å². The summed E-state index contributed by atoms with van der Waals surface area (Å²) >= 11 is 12.1. The number of methoxy groups -OCH3 is 2. The van der Waals surface area contributed by atoms with Gasteiger partial charge in [0.2, 0.25) is 0 Å². The van der Waals surface area contributed by atoms with Gasteiger partial charge in [0.15, 0.2) is 0 Å². The number of anilines is 1. The molecule has 0 aromatic heterocycles. The molecular formula is C19H16Cl2N2O3. The Labute approximate surface area is 161 Å². The van der Waals surface area contributed by atoms with Crippen molar-refractivity contribution in [3.05, 3.63) is 57.6 Å². The highest BCUT2D eigenvalue weighted by Crippen LogP contribution is 2.32. The first-order chi connectivity index (χ1) is 12.4. The number of hydrazone groups is 1. The standard InChI is InChI=1S/C19H16Cl2N2O3/c1-11-17(7-12-6-16(25-2)4-5-18(12)26-3)19(24)23(22-11)15-9-13(20)8-14(21)10-15/h4-10H,1-3H3. The summed E-state index contributed by atoms with van der Waals surface area (Å²) in [5, 5.41) is 6.48. The van der Waals surface area contributed by atoms with Gasteiger partial charge in [0.25, 0.3) is 5.91 Å². The molecule has 1 amide bonds. The minimum Gasteiger partial charge on any atom is -0.497 e. The van der Waals surface area contributed by atoms with Crippen LogP contribution in [0.4, 0.5) is 5.69 Å². The third-order valence-electron chi connectivity index (χ3n) is 3.89. The monoisotopic (exact) mass is 390 g/mol. The van der Waals surface area contributed by atoms with Crippen LogP contribution in [0.5, 0.6) is 11.5 Å². The van der Waals surface area contributed by atoms with Gasteiger partial charge in [0.05, 0.1) is 31.2 Å². The Hall–Kier alpha value is -2.50. The van der Waals surface area contributed by atoms with Gasteiger partial charge in [-0.25, -0.2) is 0 Å². The van der Waals surface area contributed by atoms with E-state index in [9.17, 15) is 4.79 Å². The minimum absolute atomic E-state index is 0.272. The highest BCUT2D eigenvalue weighted by molar-refractivity contribution is 6.36. The summed E-state index contributed by atoms with van der Waals surface area (Å²) in [6.45, 7) is 1.77. The maximum absolute atomic E-state index is 12.9. The second-order valence-corrected chi connectivity index (χ2v) is 6.47. The van der Waals surface area contributed by atoms with E-state index in [0.717, 1.165) is 5.56 Å². The summed E-state index contributed by atoms with van der Waals surface area (Å²) in [6.07, 6.45) is 1.73. The molecule has 0 aliphatic carbocycles. The second-order valence-electron chi connectivity index (χ2n) is 5.60. The van der Waals surface area contributed by atoms with E-state index in [4.69, 9.17) is 32.7 Å². The molecular weight excluding hydrogens is 375 g/mol. The molecule has 0 spiro atoms. The number of rotatable bonds is 4. The highest BCUT2D eigenvalue weighted by atomic mass is 35.5. The van der Waals surface area contributed by atoms with Crippen LogP contribution >= 0.6 is 23.2 Å². The number of carbonyl (C=O) groups excluding carboxylic acids is 1. The lowest BCUT2D eigenvalue weighted by Crippen LogP contribution is -2.21. The van der Waals surface area contributed by atoms with Gasteiger partial charge < -0.3 is 9.47 Å². The Morgan fingerprint density at radius 1 is 1.04 bits per heavy atom. The molecule has 0 N–H and O–H groups in total. The van der Waals surface area contributed by atoms with E-state index in [1.165, 1.54) is 5.01 Å². The molecule has 0 atom stereocenters. The van der Waals surface area contributed by atoms with Crippen molar-refractivity contribution in [1.82, 2.24) is 0 Å². The number of ether oxygens (including phenoxy) is 2. The van der Waals surface area contributed by atoms with Crippen molar-refractivity contribution >= 4 is 46.6 Å². The number of nitrogens with zero attached hydrogens (tertiary/aromatic N) is 2. The van der Waals surface area contributed by atoms with Gasteiger partial charge >= 0.3 is 0 Å².